The van der Waals surface area contributed by atoms with Crippen molar-refractivity contribution in [3.8, 4) is 0 Å². The lowest BCUT2D eigenvalue weighted by molar-refractivity contribution is 0.102. The molecule has 5 nitrogen and oxygen atoms in total. The highest BCUT2D eigenvalue weighted by Crippen LogP contribution is 2.08. The van der Waals surface area contributed by atoms with E-state index < -0.39 is 0 Å². The van der Waals surface area contributed by atoms with Gasteiger partial charge in [0.25, 0.3) is 5.91 Å². The lowest BCUT2D eigenvalue weighted by atomic mass is 10.3. The van der Waals surface area contributed by atoms with Crippen LogP contribution in [-0.4, -0.2) is 22.4 Å². The third kappa shape index (κ3) is 3.77. The fourth-order valence-corrected chi connectivity index (χ4v) is 1.50. The molecule has 1 heterocycles. The molecule has 1 aromatic heterocycles. The molecule has 0 fully saturated rings. The van der Waals surface area contributed by atoms with Crippen molar-refractivity contribution in [1.82, 2.24) is 9.97 Å². The van der Waals surface area contributed by atoms with E-state index in [1.54, 1.807) is 0 Å². The Balaban J connectivity index is 1.99. The Bertz CT molecular complexity index is 525. The molecule has 0 aliphatic rings. The first kappa shape index (κ1) is 13.0. The maximum Gasteiger partial charge on any atom is 0.258 e. The zero-order valence-electron chi connectivity index (χ0n) is 10.8. The highest BCUT2D eigenvalue weighted by molar-refractivity contribution is 6.03. The lowest BCUT2D eigenvalue weighted by Gasteiger charge is -2.05. The maximum absolute atomic E-state index is 11.9. The molecule has 2 rings (SSSR count). The van der Waals surface area contributed by atoms with Crippen LogP contribution in [0.25, 0.3) is 0 Å². The molecule has 98 valence electrons. The van der Waals surface area contributed by atoms with Crippen molar-refractivity contribution in [3.05, 3.63) is 48.3 Å². The molecule has 1 aromatic carbocycles. The summed E-state index contributed by atoms with van der Waals surface area (Å²) in [6.45, 7) is 2.88. The number of hydrogen-bond acceptors (Lipinski definition) is 4. The predicted molar refractivity (Wildman–Crippen MR) is 75.2 cm³/mol. The van der Waals surface area contributed by atoms with E-state index in [0.717, 1.165) is 18.7 Å². The van der Waals surface area contributed by atoms with Gasteiger partial charge in [0.05, 0.1) is 5.56 Å². The normalized spacial score (nSPS) is 9.95. The summed E-state index contributed by atoms with van der Waals surface area (Å²) in [6, 6.07) is 9.28. The summed E-state index contributed by atoms with van der Waals surface area (Å²) < 4.78 is 0. The zero-order chi connectivity index (χ0) is 13.5. The minimum Gasteiger partial charge on any atom is -0.354 e. The number of benzene rings is 1. The summed E-state index contributed by atoms with van der Waals surface area (Å²) in [5.41, 5.74) is 1.19. The number of nitrogens with zero attached hydrogens (tertiary/aromatic N) is 2. The van der Waals surface area contributed by atoms with Gasteiger partial charge in [-0.3, -0.25) is 4.79 Å². The minimum atomic E-state index is -0.215. The Morgan fingerprint density at radius 1 is 1.16 bits per heavy atom. The third-order valence-corrected chi connectivity index (χ3v) is 2.48. The van der Waals surface area contributed by atoms with Crippen molar-refractivity contribution >= 4 is 17.5 Å². The number of rotatable bonds is 5. The van der Waals surface area contributed by atoms with Crippen LogP contribution in [0.5, 0.6) is 0 Å². The SMILES string of the molecule is CCCNc1ncc(C(=O)Nc2ccccc2)cn1. The molecule has 2 aromatic rings. The largest absolute Gasteiger partial charge is 0.354 e. The molecular formula is C14H16N4O. The van der Waals surface area contributed by atoms with Gasteiger partial charge in [0.2, 0.25) is 5.95 Å². The molecular weight excluding hydrogens is 240 g/mol. The Labute approximate surface area is 112 Å². The number of nitrogens with one attached hydrogen (secondary N) is 2. The van der Waals surface area contributed by atoms with Crippen LogP contribution in [0.3, 0.4) is 0 Å². The summed E-state index contributed by atoms with van der Waals surface area (Å²) in [5.74, 6) is 0.325. The number of carbonyl (C=O) groups is 1. The number of hydrogen-bond donors (Lipinski definition) is 2. The second kappa shape index (κ2) is 6.49. The summed E-state index contributed by atoms with van der Waals surface area (Å²) in [5, 5.41) is 5.84. The molecule has 0 bridgehead atoms. The maximum atomic E-state index is 11.9. The van der Waals surface area contributed by atoms with Crippen LogP contribution in [0.15, 0.2) is 42.7 Å². The number of anilines is 2. The van der Waals surface area contributed by atoms with Gasteiger partial charge in [0, 0.05) is 24.6 Å². The molecule has 5 heteroatoms. The monoisotopic (exact) mass is 256 g/mol. The molecule has 2 N–H and O–H groups in total. The molecule has 0 aliphatic carbocycles. The lowest BCUT2D eigenvalue weighted by Crippen LogP contribution is -2.13. The first-order chi connectivity index (χ1) is 9.29. The summed E-state index contributed by atoms with van der Waals surface area (Å²) in [6.07, 6.45) is 4.03. The number of para-hydroxylation sites is 1. The van der Waals surface area contributed by atoms with Crippen LogP contribution in [0.4, 0.5) is 11.6 Å². The van der Waals surface area contributed by atoms with Crippen molar-refractivity contribution in [1.29, 1.82) is 0 Å². The average Bonchev–Trinajstić information content (AvgIpc) is 2.46. The molecule has 1 amide bonds. The zero-order valence-corrected chi connectivity index (χ0v) is 10.8. The Morgan fingerprint density at radius 3 is 2.47 bits per heavy atom. The van der Waals surface area contributed by atoms with Gasteiger partial charge in [0.1, 0.15) is 0 Å². The van der Waals surface area contributed by atoms with Crippen molar-refractivity contribution < 1.29 is 4.79 Å². The van der Waals surface area contributed by atoms with Crippen molar-refractivity contribution in [2.45, 2.75) is 13.3 Å². The first-order valence-corrected chi connectivity index (χ1v) is 6.22. The van der Waals surface area contributed by atoms with Crippen molar-refractivity contribution in [2.24, 2.45) is 0 Å². The van der Waals surface area contributed by atoms with Gasteiger partial charge in [-0.05, 0) is 18.6 Å². The van der Waals surface area contributed by atoms with Gasteiger partial charge >= 0.3 is 0 Å². The molecule has 0 saturated heterocycles. The molecule has 0 radical (unpaired) electrons. The molecule has 0 unspecified atom stereocenters. The molecule has 0 aliphatic heterocycles. The van der Waals surface area contributed by atoms with E-state index in [4.69, 9.17) is 0 Å². The summed E-state index contributed by atoms with van der Waals surface area (Å²) in [4.78, 5) is 20.1. The van der Waals surface area contributed by atoms with Crippen LogP contribution in [0.2, 0.25) is 0 Å². The third-order valence-electron chi connectivity index (χ3n) is 2.48. The van der Waals surface area contributed by atoms with E-state index in [1.807, 2.05) is 30.3 Å². The van der Waals surface area contributed by atoms with E-state index in [9.17, 15) is 4.79 Å². The number of aromatic nitrogens is 2. The van der Waals surface area contributed by atoms with Gasteiger partial charge in [-0.25, -0.2) is 9.97 Å². The highest BCUT2D eigenvalue weighted by Gasteiger charge is 2.07. The summed E-state index contributed by atoms with van der Waals surface area (Å²) >= 11 is 0. The second-order valence-corrected chi connectivity index (χ2v) is 4.04. The quantitative estimate of drug-likeness (QED) is 0.862. The van der Waals surface area contributed by atoms with E-state index in [0.29, 0.717) is 11.5 Å². The fourth-order valence-electron chi connectivity index (χ4n) is 1.50. The van der Waals surface area contributed by atoms with E-state index >= 15 is 0 Å². The van der Waals surface area contributed by atoms with Crippen LogP contribution >= 0.6 is 0 Å². The van der Waals surface area contributed by atoms with E-state index in [1.165, 1.54) is 12.4 Å². The topological polar surface area (TPSA) is 66.9 Å². The summed E-state index contributed by atoms with van der Waals surface area (Å²) in [7, 11) is 0. The predicted octanol–water partition coefficient (Wildman–Crippen LogP) is 2.55. The molecule has 0 spiro atoms. The van der Waals surface area contributed by atoms with Gasteiger partial charge in [-0.1, -0.05) is 25.1 Å². The van der Waals surface area contributed by atoms with Crippen LogP contribution in [-0.2, 0) is 0 Å². The van der Waals surface area contributed by atoms with Gasteiger partial charge < -0.3 is 10.6 Å². The standard InChI is InChI=1S/C14H16N4O/c1-2-8-15-14-16-9-11(10-17-14)13(19)18-12-6-4-3-5-7-12/h3-7,9-10H,2,8H2,1H3,(H,18,19)(H,15,16,17). The van der Waals surface area contributed by atoms with Crippen molar-refractivity contribution in [3.63, 3.8) is 0 Å². The average molecular weight is 256 g/mol. The van der Waals surface area contributed by atoms with Gasteiger partial charge in [-0.2, -0.15) is 0 Å². The highest BCUT2D eigenvalue weighted by atomic mass is 16.1. The molecule has 0 saturated carbocycles. The number of amides is 1. The Hall–Kier alpha value is -2.43. The van der Waals surface area contributed by atoms with E-state index in [2.05, 4.69) is 27.5 Å². The van der Waals surface area contributed by atoms with Crippen LogP contribution in [0.1, 0.15) is 23.7 Å². The Kier molecular flexibility index (Phi) is 4.44. The number of carbonyl (C=O) groups excluding carboxylic acids is 1. The minimum absolute atomic E-state index is 0.215. The molecule has 19 heavy (non-hydrogen) atoms. The van der Waals surface area contributed by atoms with Crippen LogP contribution in [0, 0.1) is 0 Å². The fraction of sp³-hybridized carbons (Fsp3) is 0.214. The van der Waals surface area contributed by atoms with Gasteiger partial charge in [0.15, 0.2) is 0 Å². The van der Waals surface area contributed by atoms with Gasteiger partial charge in [-0.15, -0.1) is 0 Å². The van der Waals surface area contributed by atoms with Crippen LogP contribution < -0.4 is 10.6 Å². The second-order valence-electron chi connectivity index (χ2n) is 4.04. The first-order valence-electron chi connectivity index (χ1n) is 6.22. The Morgan fingerprint density at radius 2 is 1.84 bits per heavy atom. The van der Waals surface area contributed by atoms with E-state index in [-0.39, 0.29) is 5.91 Å². The van der Waals surface area contributed by atoms with Crippen molar-refractivity contribution in [2.75, 3.05) is 17.2 Å². The molecule has 0 atom stereocenters. The smallest absolute Gasteiger partial charge is 0.258 e.